The van der Waals surface area contributed by atoms with Gasteiger partial charge in [-0.25, -0.2) is 4.79 Å². The molecule has 1 aliphatic heterocycles. The van der Waals surface area contributed by atoms with Crippen LogP contribution in [0.3, 0.4) is 0 Å². The van der Waals surface area contributed by atoms with E-state index < -0.39 is 12.0 Å². The highest BCUT2D eigenvalue weighted by atomic mass is 35.5. The maximum atomic E-state index is 12.0. The van der Waals surface area contributed by atoms with Crippen molar-refractivity contribution in [1.82, 2.24) is 5.32 Å². The van der Waals surface area contributed by atoms with Crippen LogP contribution in [0, 0.1) is 0 Å². The van der Waals surface area contributed by atoms with Crippen molar-refractivity contribution in [1.29, 1.82) is 0 Å². The van der Waals surface area contributed by atoms with Crippen LogP contribution in [-0.2, 0) is 17.6 Å². The topological polar surface area (TPSA) is 61.7 Å². The summed E-state index contributed by atoms with van der Waals surface area (Å²) in [6, 6.07) is 4.90. The normalized spacial score (nSPS) is 20.8. The number of rotatable bonds is 5. The molecule has 27 heavy (non-hydrogen) atoms. The quantitative estimate of drug-likeness (QED) is 0.765. The van der Waals surface area contributed by atoms with Gasteiger partial charge in [-0.2, -0.15) is 11.3 Å². The number of amidine groups is 1. The number of carboxylic acid groups (broad SMARTS) is 1. The summed E-state index contributed by atoms with van der Waals surface area (Å²) in [5, 5.41) is 18.2. The molecule has 0 bridgehead atoms. The molecule has 1 fully saturated rings. The van der Waals surface area contributed by atoms with E-state index in [0.717, 1.165) is 23.1 Å². The summed E-state index contributed by atoms with van der Waals surface area (Å²) in [5.74, 6) is 0.368. The van der Waals surface area contributed by atoms with Crippen molar-refractivity contribution in [2.75, 3.05) is 0 Å². The Balaban J connectivity index is 1.68. The molecule has 2 N–H and O–H groups in total. The Kier molecular flexibility index (Phi) is 4.77. The van der Waals surface area contributed by atoms with E-state index in [1.54, 1.807) is 11.3 Å². The highest BCUT2D eigenvalue weighted by molar-refractivity contribution is 7.08. The maximum Gasteiger partial charge on any atom is 0.328 e. The number of carbonyl (C=O) groups is 1. The van der Waals surface area contributed by atoms with Gasteiger partial charge in [0.25, 0.3) is 0 Å². The third-order valence-electron chi connectivity index (χ3n) is 5.19. The summed E-state index contributed by atoms with van der Waals surface area (Å²) in [7, 11) is 0. The van der Waals surface area contributed by atoms with Gasteiger partial charge in [0.1, 0.15) is 5.84 Å². The molecule has 2 heterocycles. The monoisotopic (exact) mass is 402 g/mol. The molecular formula is C21H23ClN2O2S. The minimum absolute atomic E-state index is 0.207. The van der Waals surface area contributed by atoms with Gasteiger partial charge < -0.3 is 10.4 Å². The Labute approximate surface area is 168 Å². The van der Waals surface area contributed by atoms with Crippen LogP contribution in [0.1, 0.15) is 54.9 Å². The van der Waals surface area contributed by atoms with Gasteiger partial charge in [0.15, 0.2) is 6.04 Å². The Hall–Kier alpha value is -1.85. The van der Waals surface area contributed by atoms with Gasteiger partial charge in [-0.1, -0.05) is 11.6 Å². The summed E-state index contributed by atoms with van der Waals surface area (Å²) in [4.78, 5) is 16.6. The summed E-state index contributed by atoms with van der Waals surface area (Å²) >= 11 is 7.82. The van der Waals surface area contributed by atoms with Crippen molar-refractivity contribution < 1.29 is 9.90 Å². The van der Waals surface area contributed by atoms with Crippen molar-refractivity contribution in [3.05, 3.63) is 56.2 Å². The van der Waals surface area contributed by atoms with E-state index in [2.05, 4.69) is 34.9 Å². The molecular weight excluding hydrogens is 380 g/mol. The van der Waals surface area contributed by atoms with Crippen molar-refractivity contribution in [2.24, 2.45) is 4.99 Å². The number of benzene rings is 1. The molecule has 0 saturated heterocycles. The molecule has 1 atom stereocenters. The first-order chi connectivity index (χ1) is 12.8. The number of carboxylic acids is 1. The van der Waals surface area contributed by atoms with Crippen LogP contribution in [0.5, 0.6) is 0 Å². The molecule has 2 aliphatic rings. The average molecular weight is 403 g/mol. The number of aliphatic imine (C=N–C) groups is 1. The van der Waals surface area contributed by atoms with Crippen LogP contribution in [-0.4, -0.2) is 28.5 Å². The summed E-state index contributed by atoms with van der Waals surface area (Å²) in [6.45, 7) is 4.18. The van der Waals surface area contributed by atoms with E-state index in [1.165, 1.54) is 18.4 Å². The zero-order chi connectivity index (χ0) is 19.2. The first kappa shape index (κ1) is 18.5. The predicted octanol–water partition coefficient (Wildman–Crippen LogP) is 4.65. The molecule has 1 aromatic heterocycles. The number of hydrogen-bond donors (Lipinski definition) is 2. The van der Waals surface area contributed by atoms with Crippen LogP contribution in [0.2, 0.25) is 5.02 Å². The predicted molar refractivity (Wildman–Crippen MR) is 110 cm³/mol. The molecule has 0 spiro atoms. The Bertz CT molecular complexity index is 915. The fourth-order valence-electron chi connectivity index (χ4n) is 3.75. The van der Waals surface area contributed by atoms with E-state index in [4.69, 9.17) is 11.6 Å². The minimum Gasteiger partial charge on any atom is -0.480 e. The second-order valence-corrected chi connectivity index (χ2v) is 9.33. The van der Waals surface area contributed by atoms with Crippen LogP contribution in [0.25, 0.3) is 0 Å². The number of thiophene rings is 1. The number of hydrogen-bond acceptors (Lipinski definition) is 3. The number of aliphatic carboxylic acids is 1. The van der Waals surface area contributed by atoms with Gasteiger partial charge in [0, 0.05) is 22.5 Å². The van der Waals surface area contributed by atoms with E-state index in [9.17, 15) is 9.90 Å². The van der Waals surface area contributed by atoms with Gasteiger partial charge in [-0.05, 0) is 84.7 Å². The fraction of sp³-hybridized carbons (Fsp3) is 0.429. The number of halogens is 1. The molecule has 4 nitrogen and oxygen atoms in total. The minimum atomic E-state index is -0.892. The molecule has 0 amide bonds. The third kappa shape index (κ3) is 4.04. The van der Waals surface area contributed by atoms with Crippen molar-refractivity contribution >= 4 is 34.7 Å². The average Bonchev–Trinajstić information content (AvgIpc) is 3.32. The second kappa shape index (κ2) is 6.95. The van der Waals surface area contributed by atoms with Gasteiger partial charge in [0.2, 0.25) is 0 Å². The lowest BCUT2D eigenvalue weighted by molar-refractivity contribution is -0.138. The Morgan fingerprint density at radius 3 is 2.89 bits per heavy atom. The number of fused-ring (bicyclic) bond motifs is 1. The van der Waals surface area contributed by atoms with E-state index >= 15 is 0 Å². The molecule has 6 heteroatoms. The second-order valence-electron chi connectivity index (χ2n) is 8.15. The van der Waals surface area contributed by atoms with Crippen molar-refractivity contribution in [2.45, 2.75) is 57.0 Å². The SMILES string of the molecule is CC1(C)Cc2cc(Cl)ccc2C(=NC(Cc2cscc2C2CC2)C(=O)O)N1. The highest BCUT2D eigenvalue weighted by Crippen LogP contribution is 2.43. The molecule has 4 rings (SSSR count). The van der Waals surface area contributed by atoms with Gasteiger partial charge in [-0.3, -0.25) is 4.99 Å². The van der Waals surface area contributed by atoms with E-state index in [-0.39, 0.29) is 5.54 Å². The first-order valence-electron chi connectivity index (χ1n) is 9.25. The first-order valence-corrected chi connectivity index (χ1v) is 10.6. The summed E-state index contributed by atoms with van der Waals surface area (Å²) < 4.78 is 0. The molecule has 1 aliphatic carbocycles. The van der Waals surface area contributed by atoms with Gasteiger partial charge in [-0.15, -0.1) is 0 Å². The zero-order valence-electron chi connectivity index (χ0n) is 15.5. The van der Waals surface area contributed by atoms with Crippen LogP contribution in [0.4, 0.5) is 0 Å². The van der Waals surface area contributed by atoms with Crippen LogP contribution < -0.4 is 5.32 Å². The summed E-state index contributed by atoms with van der Waals surface area (Å²) in [6.07, 6.45) is 3.66. The molecule has 1 aromatic carbocycles. The van der Waals surface area contributed by atoms with E-state index in [1.807, 2.05) is 18.2 Å². The highest BCUT2D eigenvalue weighted by Gasteiger charge is 2.32. The summed E-state index contributed by atoms with van der Waals surface area (Å²) in [5.41, 5.74) is 4.28. The van der Waals surface area contributed by atoms with Crippen LogP contribution >= 0.6 is 22.9 Å². The van der Waals surface area contributed by atoms with E-state index in [0.29, 0.717) is 23.2 Å². The van der Waals surface area contributed by atoms with Crippen molar-refractivity contribution in [3.63, 3.8) is 0 Å². The van der Waals surface area contributed by atoms with Gasteiger partial charge >= 0.3 is 5.97 Å². The number of nitrogens with one attached hydrogen (secondary N) is 1. The smallest absolute Gasteiger partial charge is 0.328 e. The number of nitrogens with zero attached hydrogens (tertiary/aromatic N) is 1. The van der Waals surface area contributed by atoms with Crippen LogP contribution in [0.15, 0.2) is 34.0 Å². The standard InChI is InChI=1S/C21H23ClN2O2S/c1-21(2)9-13-7-15(22)5-6-16(13)19(24-21)23-18(20(25)26)8-14-10-27-11-17(14)12-3-4-12/h5-7,10-12,18H,3-4,8-9H2,1-2H3,(H,23,24)(H,25,26). The zero-order valence-corrected chi connectivity index (χ0v) is 17.0. The lowest BCUT2D eigenvalue weighted by Crippen LogP contribution is -2.50. The third-order valence-corrected chi connectivity index (χ3v) is 6.23. The van der Waals surface area contributed by atoms with Crippen molar-refractivity contribution in [3.8, 4) is 0 Å². The molecule has 1 saturated carbocycles. The molecule has 142 valence electrons. The molecule has 2 aromatic rings. The largest absolute Gasteiger partial charge is 0.480 e. The molecule has 0 radical (unpaired) electrons. The fourth-order valence-corrected chi connectivity index (χ4v) is 4.90. The maximum absolute atomic E-state index is 12.0. The molecule has 1 unspecified atom stereocenters. The van der Waals surface area contributed by atoms with Gasteiger partial charge in [0.05, 0.1) is 0 Å². The Morgan fingerprint density at radius 1 is 1.41 bits per heavy atom. The lowest BCUT2D eigenvalue weighted by Gasteiger charge is -2.35. The Morgan fingerprint density at radius 2 is 2.19 bits per heavy atom. The lowest BCUT2D eigenvalue weighted by atomic mass is 9.87.